The van der Waals surface area contributed by atoms with Crippen LogP contribution >= 0.6 is 15.9 Å². The van der Waals surface area contributed by atoms with Crippen molar-refractivity contribution in [3.05, 3.63) is 28.0 Å². The first kappa shape index (κ1) is 10.4. The Morgan fingerprint density at radius 3 is 2.46 bits per heavy atom. The van der Waals surface area contributed by atoms with Crippen molar-refractivity contribution in [1.29, 1.82) is 0 Å². The van der Waals surface area contributed by atoms with E-state index in [4.69, 9.17) is 0 Å². The molecule has 0 amide bonds. The van der Waals surface area contributed by atoms with Crippen LogP contribution in [0.15, 0.2) is 16.7 Å². The highest BCUT2D eigenvalue weighted by atomic mass is 79.9. The lowest BCUT2D eigenvalue weighted by molar-refractivity contribution is 0.112. The van der Waals surface area contributed by atoms with E-state index < -0.39 is 0 Å². The van der Waals surface area contributed by atoms with Gasteiger partial charge in [0.2, 0.25) is 0 Å². The quantitative estimate of drug-likeness (QED) is 0.708. The van der Waals surface area contributed by atoms with Gasteiger partial charge >= 0.3 is 0 Å². The number of carbonyl (C=O) groups is 1. The van der Waals surface area contributed by atoms with Crippen LogP contribution in [0.1, 0.15) is 36.8 Å². The molecule has 0 aromatic carbocycles. The van der Waals surface area contributed by atoms with Crippen LogP contribution in [0.4, 0.5) is 0 Å². The van der Waals surface area contributed by atoms with Gasteiger partial charge in [-0.25, -0.2) is 0 Å². The summed E-state index contributed by atoms with van der Waals surface area (Å²) in [5.41, 5.74) is 1.57. The van der Waals surface area contributed by atoms with E-state index >= 15 is 0 Å². The van der Waals surface area contributed by atoms with Crippen molar-refractivity contribution in [1.82, 2.24) is 4.98 Å². The molecule has 0 aliphatic carbocycles. The van der Waals surface area contributed by atoms with Crippen LogP contribution in [0, 0.1) is 0 Å². The maximum atomic E-state index is 10.5. The summed E-state index contributed by atoms with van der Waals surface area (Å²) in [6, 6.07) is 1.79. The van der Waals surface area contributed by atoms with Crippen LogP contribution in [-0.2, 0) is 5.41 Å². The number of halogens is 1. The molecule has 0 fully saturated rings. The van der Waals surface area contributed by atoms with Gasteiger partial charge in [0.15, 0.2) is 6.29 Å². The molecule has 0 aliphatic rings. The van der Waals surface area contributed by atoms with Gasteiger partial charge in [-0.1, -0.05) is 20.8 Å². The van der Waals surface area contributed by atoms with E-state index in [1.54, 1.807) is 12.3 Å². The molecule has 0 atom stereocenters. The zero-order valence-electron chi connectivity index (χ0n) is 7.97. The molecule has 0 saturated heterocycles. The number of rotatable bonds is 1. The summed E-state index contributed by atoms with van der Waals surface area (Å²) in [6.45, 7) is 6.25. The second kappa shape index (κ2) is 3.58. The van der Waals surface area contributed by atoms with Gasteiger partial charge in [0.25, 0.3) is 0 Å². The summed E-state index contributed by atoms with van der Waals surface area (Å²) < 4.78 is 0.893. The summed E-state index contributed by atoms with van der Waals surface area (Å²) in [5.74, 6) is 0. The number of hydrogen-bond donors (Lipinski definition) is 0. The van der Waals surface area contributed by atoms with E-state index in [1.165, 1.54) is 0 Å². The molecule has 0 saturated carbocycles. The molecule has 0 spiro atoms. The van der Waals surface area contributed by atoms with Crippen LogP contribution in [0.25, 0.3) is 0 Å². The summed E-state index contributed by atoms with van der Waals surface area (Å²) in [5, 5.41) is 0. The molecule has 1 aromatic heterocycles. The molecule has 1 heterocycles. The van der Waals surface area contributed by atoms with Gasteiger partial charge in [-0.2, -0.15) is 0 Å². The maximum Gasteiger partial charge on any atom is 0.151 e. The molecular weight excluding hydrogens is 230 g/mol. The van der Waals surface area contributed by atoms with Crippen molar-refractivity contribution in [3.8, 4) is 0 Å². The Hall–Kier alpha value is -0.700. The van der Waals surface area contributed by atoms with E-state index in [9.17, 15) is 4.79 Å². The zero-order chi connectivity index (χ0) is 10.1. The zero-order valence-corrected chi connectivity index (χ0v) is 9.55. The molecule has 0 unspecified atom stereocenters. The Bertz CT molecular complexity index is 328. The number of carbonyl (C=O) groups excluding carboxylic acids is 1. The topological polar surface area (TPSA) is 30.0 Å². The van der Waals surface area contributed by atoms with Crippen molar-refractivity contribution >= 4 is 22.2 Å². The Morgan fingerprint density at radius 1 is 1.46 bits per heavy atom. The van der Waals surface area contributed by atoms with Gasteiger partial charge in [-0.05, 0) is 22.0 Å². The van der Waals surface area contributed by atoms with E-state index in [1.807, 2.05) is 0 Å². The normalized spacial score (nSPS) is 11.4. The average Bonchev–Trinajstić information content (AvgIpc) is 2.01. The minimum absolute atomic E-state index is 0.000246. The first-order valence-electron chi connectivity index (χ1n) is 4.06. The molecule has 0 bridgehead atoms. The third-order valence-electron chi connectivity index (χ3n) is 1.71. The van der Waals surface area contributed by atoms with Crippen molar-refractivity contribution < 1.29 is 4.79 Å². The Morgan fingerprint density at radius 2 is 2.08 bits per heavy atom. The predicted molar refractivity (Wildman–Crippen MR) is 56.0 cm³/mol. The summed E-state index contributed by atoms with van der Waals surface area (Å²) in [4.78, 5) is 14.7. The Labute approximate surface area is 86.5 Å². The Kier molecular flexibility index (Phi) is 2.86. The lowest BCUT2D eigenvalue weighted by Crippen LogP contribution is -2.14. The monoisotopic (exact) mass is 241 g/mol. The molecule has 3 heteroatoms. The fourth-order valence-corrected chi connectivity index (χ4v) is 2.03. The molecule has 0 N–H and O–H groups in total. The summed E-state index contributed by atoms with van der Waals surface area (Å²) in [6.07, 6.45) is 2.39. The molecule has 2 nitrogen and oxygen atoms in total. The largest absolute Gasteiger partial charge is 0.298 e. The molecule has 1 rings (SSSR count). The van der Waals surface area contributed by atoms with Crippen LogP contribution in [0.3, 0.4) is 0 Å². The van der Waals surface area contributed by atoms with E-state index in [-0.39, 0.29) is 5.41 Å². The Balaban J connectivity index is 3.20. The van der Waals surface area contributed by atoms with Gasteiger partial charge in [-0.15, -0.1) is 0 Å². The summed E-state index contributed by atoms with van der Waals surface area (Å²) in [7, 11) is 0. The minimum Gasteiger partial charge on any atom is -0.298 e. The van der Waals surface area contributed by atoms with Crippen molar-refractivity contribution in [2.45, 2.75) is 26.2 Å². The number of aldehydes is 1. The number of hydrogen-bond acceptors (Lipinski definition) is 2. The van der Waals surface area contributed by atoms with Crippen LogP contribution in [-0.4, -0.2) is 11.3 Å². The molecular formula is C10H12BrNO. The lowest BCUT2D eigenvalue weighted by atomic mass is 9.91. The lowest BCUT2D eigenvalue weighted by Gasteiger charge is -2.19. The number of pyridine rings is 1. The minimum atomic E-state index is 0.000246. The van der Waals surface area contributed by atoms with Gasteiger partial charge < -0.3 is 0 Å². The van der Waals surface area contributed by atoms with E-state index in [2.05, 4.69) is 41.7 Å². The van der Waals surface area contributed by atoms with E-state index in [0.29, 0.717) is 5.56 Å². The highest BCUT2D eigenvalue weighted by Crippen LogP contribution is 2.27. The maximum absolute atomic E-state index is 10.5. The fraction of sp³-hybridized carbons (Fsp3) is 0.400. The predicted octanol–water partition coefficient (Wildman–Crippen LogP) is 2.95. The first-order valence-corrected chi connectivity index (χ1v) is 4.85. The molecule has 0 radical (unpaired) electrons. The van der Waals surface area contributed by atoms with Gasteiger partial charge in [0, 0.05) is 21.6 Å². The number of nitrogens with zero attached hydrogens (tertiary/aromatic N) is 1. The van der Waals surface area contributed by atoms with Crippen LogP contribution < -0.4 is 0 Å². The van der Waals surface area contributed by atoms with E-state index in [0.717, 1.165) is 16.5 Å². The highest BCUT2D eigenvalue weighted by Gasteiger charge is 2.18. The SMILES string of the molecule is CC(C)(C)c1ncc(C=O)cc1Br. The third kappa shape index (κ3) is 2.37. The second-order valence-corrected chi connectivity index (χ2v) is 4.82. The third-order valence-corrected chi connectivity index (χ3v) is 2.31. The smallest absolute Gasteiger partial charge is 0.151 e. The van der Waals surface area contributed by atoms with Gasteiger partial charge in [0.05, 0.1) is 5.69 Å². The highest BCUT2D eigenvalue weighted by molar-refractivity contribution is 9.10. The van der Waals surface area contributed by atoms with Gasteiger partial charge in [0.1, 0.15) is 0 Å². The molecule has 1 aromatic rings. The first-order chi connectivity index (χ1) is 5.95. The van der Waals surface area contributed by atoms with Crippen LogP contribution in [0.2, 0.25) is 0 Å². The van der Waals surface area contributed by atoms with Crippen molar-refractivity contribution in [2.24, 2.45) is 0 Å². The summed E-state index contributed by atoms with van der Waals surface area (Å²) >= 11 is 3.40. The second-order valence-electron chi connectivity index (χ2n) is 3.97. The van der Waals surface area contributed by atoms with Crippen molar-refractivity contribution in [2.75, 3.05) is 0 Å². The van der Waals surface area contributed by atoms with Crippen molar-refractivity contribution in [3.63, 3.8) is 0 Å². The molecule has 0 aliphatic heterocycles. The van der Waals surface area contributed by atoms with Gasteiger partial charge in [-0.3, -0.25) is 9.78 Å². The molecule has 13 heavy (non-hydrogen) atoms. The number of aromatic nitrogens is 1. The molecule has 70 valence electrons. The average molecular weight is 242 g/mol. The van der Waals surface area contributed by atoms with Crippen LogP contribution in [0.5, 0.6) is 0 Å². The standard InChI is InChI=1S/C10H12BrNO/c1-10(2,3)9-8(11)4-7(6-13)5-12-9/h4-6H,1-3H3. The fourth-order valence-electron chi connectivity index (χ4n) is 1.07.